The molecular formula is C55H49NS. The van der Waals surface area contributed by atoms with Crippen LogP contribution in [0.2, 0.25) is 0 Å². The van der Waals surface area contributed by atoms with Gasteiger partial charge in [-0.25, -0.2) is 0 Å². The van der Waals surface area contributed by atoms with E-state index in [0.717, 1.165) is 0 Å². The van der Waals surface area contributed by atoms with E-state index in [0.29, 0.717) is 0 Å². The predicted octanol–water partition coefficient (Wildman–Crippen LogP) is 15.7. The summed E-state index contributed by atoms with van der Waals surface area (Å²) in [6.07, 6.45) is 0. The van der Waals surface area contributed by atoms with Crippen molar-refractivity contribution in [3.8, 4) is 33.4 Å². The molecule has 0 N–H and O–H groups in total. The van der Waals surface area contributed by atoms with Crippen LogP contribution in [0.15, 0.2) is 133 Å². The summed E-state index contributed by atoms with van der Waals surface area (Å²) in [5.74, 6) is 0. The monoisotopic (exact) mass is 755 g/mol. The van der Waals surface area contributed by atoms with E-state index in [1.807, 2.05) is 11.3 Å². The van der Waals surface area contributed by atoms with E-state index in [1.165, 1.54) is 110 Å². The molecule has 280 valence electrons. The summed E-state index contributed by atoms with van der Waals surface area (Å²) >= 11 is 1.90. The number of nitrogens with zero attached hydrogens (tertiary/aromatic N) is 1. The van der Waals surface area contributed by atoms with Crippen molar-refractivity contribution < 1.29 is 0 Å². The van der Waals surface area contributed by atoms with E-state index in [4.69, 9.17) is 0 Å². The van der Waals surface area contributed by atoms with Crippen LogP contribution in [0.3, 0.4) is 0 Å². The van der Waals surface area contributed by atoms with Crippen molar-refractivity contribution in [2.24, 2.45) is 0 Å². The van der Waals surface area contributed by atoms with Crippen LogP contribution in [-0.2, 0) is 21.7 Å². The van der Waals surface area contributed by atoms with Gasteiger partial charge in [0.15, 0.2) is 0 Å². The van der Waals surface area contributed by atoms with Crippen LogP contribution in [0.25, 0.3) is 53.6 Å². The molecule has 1 aromatic heterocycles. The summed E-state index contributed by atoms with van der Waals surface area (Å²) in [6, 6.07) is 51.0. The number of anilines is 3. The fraction of sp³-hybridized carbons (Fsp3) is 0.236. The molecule has 0 amide bonds. The summed E-state index contributed by atoms with van der Waals surface area (Å²) in [7, 11) is 0. The van der Waals surface area contributed by atoms with Gasteiger partial charge in [-0.1, -0.05) is 165 Å². The van der Waals surface area contributed by atoms with Gasteiger partial charge in [-0.2, -0.15) is 0 Å². The van der Waals surface area contributed by atoms with Gasteiger partial charge in [0.05, 0.1) is 5.69 Å². The second-order valence-corrected chi connectivity index (χ2v) is 20.4. The van der Waals surface area contributed by atoms with Gasteiger partial charge in [-0.15, -0.1) is 11.3 Å². The molecule has 0 spiro atoms. The average Bonchev–Trinajstić information content (AvgIpc) is 3.83. The Morgan fingerprint density at radius 1 is 0.439 bits per heavy atom. The van der Waals surface area contributed by atoms with E-state index >= 15 is 0 Å². The van der Waals surface area contributed by atoms with Gasteiger partial charge in [0.25, 0.3) is 0 Å². The average molecular weight is 756 g/mol. The number of benzene rings is 7. The number of thiophene rings is 1. The van der Waals surface area contributed by atoms with Gasteiger partial charge in [-0.05, 0) is 108 Å². The van der Waals surface area contributed by atoms with Crippen molar-refractivity contribution in [2.45, 2.75) is 84.0 Å². The van der Waals surface area contributed by atoms with Gasteiger partial charge >= 0.3 is 0 Å². The maximum absolute atomic E-state index is 2.69. The topological polar surface area (TPSA) is 3.24 Å². The standard InChI is InChI=1S/C55H49NS/c1-52(2,3)48-46-38-20-11-15-23-41(38)54(6,7)49(46)51(50-47(48)39-21-12-16-24-42(39)55(50,8)9)56(33-27-29-37-36-19-13-17-25-44(36)57-45(37)31-33)32-26-28-35-34-18-10-14-22-40(34)53(4,5)43(35)30-32/h10-31H,1-9H3. The molecule has 1 nitrogen and oxygen atoms in total. The molecule has 0 atom stereocenters. The first-order valence-corrected chi connectivity index (χ1v) is 21.4. The minimum Gasteiger partial charge on any atom is -0.310 e. The summed E-state index contributed by atoms with van der Waals surface area (Å²) in [6.45, 7) is 22.0. The lowest BCUT2D eigenvalue weighted by Crippen LogP contribution is -2.28. The number of rotatable bonds is 3. The highest BCUT2D eigenvalue weighted by Crippen LogP contribution is 2.66. The number of hydrogen-bond donors (Lipinski definition) is 0. The molecule has 3 aliphatic rings. The smallest absolute Gasteiger partial charge is 0.0556 e. The van der Waals surface area contributed by atoms with Gasteiger partial charge in [0.1, 0.15) is 0 Å². The molecule has 0 fully saturated rings. The second-order valence-electron chi connectivity index (χ2n) is 19.3. The van der Waals surface area contributed by atoms with Crippen molar-refractivity contribution in [2.75, 3.05) is 4.90 Å². The molecule has 2 heteroatoms. The Morgan fingerprint density at radius 2 is 0.912 bits per heavy atom. The third kappa shape index (κ3) is 4.51. The Bertz CT molecular complexity index is 2950. The van der Waals surface area contributed by atoms with Crippen LogP contribution in [0.1, 0.15) is 101 Å². The lowest BCUT2D eigenvalue weighted by Gasteiger charge is -2.39. The molecule has 3 aliphatic carbocycles. The molecule has 0 unspecified atom stereocenters. The van der Waals surface area contributed by atoms with Crippen LogP contribution in [0, 0.1) is 0 Å². The van der Waals surface area contributed by atoms with Gasteiger partial charge < -0.3 is 4.90 Å². The Labute approximate surface area is 341 Å². The van der Waals surface area contributed by atoms with Crippen LogP contribution in [-0.4, -0.2) is 0 Å². The van der Waals surface area contributed by atoms with Crippen molar-refractivity contribution in [3.63, 3.8) is 0 Å². The first-order valence-electron chi connectivity index (χ1n) is 20.6. The van der Waals surface area contributed by atoms with Crippen molar-refractivity contribution in [1.82, 2.24) is 0 Å². The molecule has 0 aliphatic heterocycles. The van der Waals surface area contributed by atoms with E-state index in [9.17, 15) is 0 Å². The fourth-order valence-corrected chi connectivity index (χ4v) is 12.5. The minimum absolute atomic E-state index is 0.113. The Balaban J connectivity index is 1.32. The molecule has 7 aromatic carbocycles. The highest BCUT2D eigenvalue weighted by atomic mass is 32.1. The third-order valence-corrected chi connectivity index (χ3v) is 15.0. The largest absolute Gasteiger partial charge is 0.310 e. The Kier molecular flexibility index (Phi) is 6.93. The van der Waals surface area contributed by atoms with Crippen molar-refractivity contribution in [3.05, 3.63) is 172 Å². The maximum Gasteiger partial charge on any atom is 0.0556 e. The van der Waals surface area contributed by atoms with Crippen LogP contribution >= 0.6 is 11.3 Å². The molecule has 0 saturated heterocycles. The minimum atomic E-state index is -0.257. The molecular weight excluding hydrogens is 707 g/mol. The lowest BCUT2D eigenvalue weighted by atomic mass is 9.70. The molecule has 0 radical (unpaired) electrons. The SMILES string of the molecule is CC(C)(C)c1c2c(c(N(c3ccc4c(c3)C(C)(C)c3ccccc3-4)c3ccc4c(c3)sc3ccccc34)c3c1-c1ccccc1C3(C)C)C(C)(C)c1ccccc1-2. The van der Waals surface area contributed by atoms with Crippen LogP contribution < -0.4 is 4.90 Å². The molecule has 0 saturated carbocycles. The second kappa shape index (κ2) is 11.4. The first kappa shape index (κ1) is 34.8. The Hall–Kier alpha value is -5.44. The summed E-state index contributed by atoms with van der Waals surface area (Å²) in [5.41, 5.74) is 21.2. The van der Waals surface area contributed by atoms with E-state index < -0.39 is 0 Å². The fourth-order valence-electron chi connectivity index (χ4n) is 11.3. The maximum atomic E-state index is 2.69. The normalized spacial score (nSPS) is 16.2. The summed E-state index contributed by atoms with van der Waals surface area (Å²) in [4.78, 5) is 2.69. The van der Waals surface area contributed by atoms with E-state index in [-0.39, 0.29) is 21.7 Å². The van der Waals surface area contributed by atoms with Gasteiger partial charge in [0.2, 0.25) is 0 Å². The van der Waals surface area contributed by atoms with Gasteiger partial charge in [-0.3, -0.25) is 0 Å². The third-order valence-electron chi connectivity index (χ3n) is 13.9. The molecule has 11 rings (SSSR count). The number of hydrogen-bond acceptors (Lipinski definition) is 2. The zero-order valence-electron chi connectivity index (χ0n) is 34.6. The van der Waals surface area contributed by atoms with Gasteiger partial charge in [0, 0.05) is 47.8 Å². The van der Waals surface area contributed by atoms with E-state index in [2.05, 4.69) is 201 Å². The molecule has 1 heterocycles. The zero-order valence-corrected chi connectivity index (χ0v) is 35.4. The predicted molar refractivity (Wildman–Crippen MR) is 245 cm³/mol. The van der Waals surface area contributed by atoms with E-state index in [1.54, 1.807) is 0 Å². The molecule has 0 bridgehead atoms. The van der Waals surface area contributed by atoms with Crippen molar-refractivity contribution in [1.29, 1.82) is 0 Å². The lowest BCUT2D eigenvalue weighted by molar-refractivity contribution is 0.587. The first-order chi connectivity index (χ1) is 27.2. The number of fused-ring (bicyclic) bond motifs is 12. The van der Waals surface area contributed by atoms with Crippen LogP contribution in [0.4, 0.5) is 17.1 Å². The quantitative estimate of drug-likeness (QED) is 0.174. The summed E-state index contributed by atoms with van der Waals surface area (Å²) < 4.78 is 2.65. The highest BCUT2D eigenvalue weighted by molar-refractivity contribution is 7.25. The molecule has 8 aromatic rings. The Morgan fingerprint density at radius 3 is 1.53 bits per heavy atom. The zero-order chi connectivity index (χ0) is 39.4. The summed E-state index contributed by atoms with van der Waals surface area (Å²) in [5, 5.41) is 2.65. The molecule has 57 heavy (non-hydrogen) atoms. The van der Waals surface area contributed by atoms with Crippen molar-refractivity contribution >= 4 is 48.6 Å². The van der Waals surface area contributed by atoms with Crippen LogP contribution in [0.5, 0.6) is 0 Å². The highest BCUT2D eigenvalue weighted by Gasteiger charge is 2.50.